The number of anilines is 1. The van der Waals surface area contributed by atoms with Gasteiger partial charge in [-0.05, 0) is 24.1 Å². The van der Waals surface area contributed by atoms with E-state index in [9.17, 15) is 9.59 Å². The highest BCUT2D eigenvalue weighted by Gasteiger charge is 2.17. The van der Waals surface area contributed by atoms with Crippen molar-refractivity contribution < 1.29 is 9.59 Å². The first kappa shape index (κ1) is 17.8. The molecule has 0 saturated carbocycles. The molecule has 2 aromatic rings. The Labute approximate surface area is 148 Å². The third kappa shape index (κ3) is 4.70. The zero-order valence-electron chi connectivity index (χ0n) is 12.7. The van der Waals surface area contributed by atoms with Gasteiger partial charge >= 0.3 is 0 Å². The Morgan fingerprint density at radius 2 is 1.83 bits per heavy atom. The van der Waals surface area contributed by atoms with E-state index in [1.165, 1.54) is 6.07 Å². The number of benzene rings is 1. The monoisotopic (exact) mass is 370 g/mol. The lowest BCUT2D eigenvalue weighted by atomic mass is 10.1. The summed E-state index contributed by atoms with van der Waals surface area (Å²) in [6.07, 6.45) is 0. The summed E-state index contributed by atoms with van der Waals surface area (Å²) < 4.78 is 0.748. The molecule has 2 N–H and O–H groups in total. The first-order chi connectivity index (χ1) is 10.9. The number of hydrogen-bond donors (Lipinski definition) is 2. The average molecular weight is 371 g/mol. The lowest BCUT2D eigenvalue weighted by Gasteiger charge is -2.12. The molecular weight excluding hydrogens is 355 g/mol. The van der Waals surface area contributed by atoms with Gasteiger partial charge in [0.25, 0.3) is 11.8 Å². The van der Waals surface area contributed by atoms with E-state index >= 15 is 0 Å². The molecule has 0 bridgehead atoms. The third-order valence-electron chi connectivity index (χ3n) is 2.99. The molecule has 0 saturated heterocycles. The minimum absolute atomic E-state index is 0.232. The molecule has 1 heterocycles. The van der Waals surface area contributed by atoms with Crippen LogP contribution in [0.25, 0.3) is 0 Å². The Kier molecular flexibility index (Phi) is 6.04. The predicted octanol–water partition coefficient (Wildman–Crippen LogP) is 4.69. The standard InChI is InChI=1S/C16H16Cl2N2O2S/c1-9(2)8-19-15(21)10-5-3-4-6-12(10)20-16(22)11-7-13(17)23-14(11)18/h3-7,9H,8H2,1-2H3,(H,19,21)(H,20,22). The smallest absolute Gasteiger partial charge is 0.258 e. The van der Waals surface area contributed by atoms with Gasteiger partial charge in [-0.15, -0.1) is 11.3 Å². The summed E-state index contributed by atoms with van der Waals surface area (Å²) in [6, 6.07) is 8.33. The highest BCUT2D eigenvalue weighted by molar-refractivity contribution is 7.20. The van der Waals surface area contributed by atoms with Crippen molar-refractivity contribution in [2.75, 3.05) is 11.9 Å². The van der Waals surface area contributed by atoms with Gasteiger partial charge in [-0.25, -0.2) is 0 Å². The topological polar surface area (TPSA) is 58.2 Å². The summed E-state index contributed by atoms with van der Waals surface area (Å²) in [5.41, 5.74) is 1.12. The molecule has 0 unspecified atom stereocenters. The summed E-state index contributed by atoms with van der Waals surface area (Å²) in [4.78, 5) is 24.6. The number of para-hydroxylation sites is 1. The van der Waals surface area contributed by atoms with Gasteiger partial charge in [0.05, 0.1) is 21.2 Å². The molecule has 7 heteroatoms. The number of hydrogen-bond acceptors (Lipinski definition) is 3. The van der Waals surface area contributed by atoms with Crippen LogP contribution in [0.15, 0.2) is 30.3 Å². The Hall–Kier alpha value is -1.56. The van der Waals surface area contributed by atoms with Crippen molar-refractivity contribution in [1.82, 2.24) is 5.32 Å². The fourth-order valence-corrected chi connectivity index (χ4v) is 3.33. The van der Waals surface area contributed by atoms with Gasteiger partial charge in [0.1, 0.15) is 4.34 Å². The van der Waals surface area contributed by atoms with Crippen LogP contribution in [0.3, 0.4) is 0 Å². The van der Waals surface area contributed by atoms with Gasteiger partial charge < -0.3 is 10.6 Å². The largest absolute Gasteiger partial charge is 0.352 e. The molecule has 0 fully saturated rings. The van der Waals surface area contributed by atoms with Gasteiger partial charge in [-0.2, -0.15) is 0 Å². The van der Waals surface area contributed by atoms with Crippen molar-refractivity contribution in [1.29, 1.82) is 0 Å². The van der Waals surface area contributed by atoms with Crippen LogP contribution < -0.4 is 10.6 Å². The normalized spacial score (nSPS) is 10.7. The minimum Gasteiger partial charge on any atom is -0.352 e. The summed E-state index contributed by atoms with van der Waals surface area (Å²) in [5.74, 6) is -0.293. The third-order valence-corrected chi connectivity index (χ3v) is 4.48. The number of carbonyl (C=O) groups is 2. The number of thiophene rings is 1. The van der Waals surface area contributed by atoms with E-state index in [2.05, 4.69) is 10.6 Å². The second-order valence-electron chi connectivity index (χ2n) is 5.34. The van der Waals surface area contributed by atoms with Crippen molar-refractivity contribution in [2.24, 2.45) is 5.92 Å². The zero-order chi connectivity index (χ0) is 17.0. The van der Waals surface area contributed by atoms with Crippen molar-refractivity contribution >= 4 is 52.0 Å². The van der Waals surface area contributed by atoms with E-state index in [1.54, 1.807) is 24.3 Å². The SMILES string of the molecule is CC(C)CNC(=O)c1ccccc1NC(=O)c1cc(Cl)sc1Cl. The molecular formula is C16H16Cl2N2O2S. The molecule has 1 aromatic carbocycles. The number of amides is 2. The van der Waals surface area contributed by atoms with Crippen molar-refractivity contribution in [3.8, 4) is 0 Å². The van der Waals surface area contributed by atoms with Gasteiger partial charge in [-0.1, -0.05) is 49.2 Å². The molecule has 0 radical (unpaired) electrons. The van der Waals surface area contributed by atoms with Crippen LogP contribution in [0.2, 0.25) is 8.67 Å². The number of nitrogens with one attached hydrogen (secondary N) is 2. The fraction of sp³-hybridized carbons (Fsp3) is 0.250. The van der Waals surface area contributed by atoms with Crippen LogP contribution in [-0.4, -0.2) is 18.4 Å². The van der Waals surface area contributed by atoms with Gasteiger partial charge in [0.2, 0.25) is 0 Å². The summed E-state index contributed by atoms with van der Waals surface area (Å²) in [6.45, 7) is 4.58. The Morgan fingerprint density at radius 3 is 2.43 bits per heavy atom. The Bertz CT molecular complexity index is 729. The van der Waals surface area contributed by atoms with Gasteiger partial charge in [-0.3, -0.25) is 9.59 Å². The number of carbonyl (C=O) groups excluding carboxylic acids is 2. The highest BCUT2D eigenvalue weighted by Crippen LogP contribution is 2.31. The van der Waals surface area contributed by atoms with Crippen molar-refractivity contribution in [3.05, 3.63) is 50.1 Å². The summed E-state index contributed by atoms with van der Waals surface area (Å²) in [7, 11) is 0. The molecule has 0 aliphatic heterocycles. The lowest BCUT2D eigenvalue weighted by Crippen LogP contribution is -2.28. The average Bonchev–Trinajstić information content (AvgIpc) is 2.84. The Morgan fingerprint density at radius 1 is 1.13 bits per heavy atom. The molecule has 0 aliphatic rings. The quantitative estimate of drug-likeness (QED) is 0.801. The predicted molar refractivity (Wildman–Crippen MR) is 95.9 cm³/mol. The zero-order valence-corrected chi connectivity index (χ0v) is 15.0. The molecule has 122 valence electrons. The molecule has 0 atom stereocenters. The minimum atomic E-state index is -0.401. The molecule has 23 heavy (non-hydrogen) atoms. The molecule has 1 aromatic heterocycles. The molecule has 2 amide bonds. The van der Waals surface area contributed by atoms with E-state index in [-0.39, 0.29) is 5.91 Å². The summed E-state index contributed by atoms with van der Waals surface area (Å²) >= 11 is 13.0. The molecule has 0 aliphatic carbocycles. The van der Waals surface area contributed by atoms with Crippen LogP contribution in [0.1, 0.15) is 34.6 Å². The van der Waals surface area contributed by atoms with Crippen LogP contribution in [0, 0.1) is 5.92 Å². The number of halogens is 2. The lowest BCUT2D eigenvalue weighted by molar-refractivity contribution is 0.0950. The van der Waals surface area contributed by atoms with E-state index in [0.29, 0.717) is 37.9 Å². The molecule has 4 nitrogen and oxygen atoms in total. The van der Waals surface area contributed by atoms with Gasteiger partial charge in [0, 0.05) is 6.54 Å². The van der Waals surface area contributed by atoms with E-state index in [1.807, 2.05) is 13.8 Å². The van der Waals surface area contributed by atoms with Crippen LogP contribution in [0.4, 0.5) is 5.69 Å². The first-order valence-corrected chi connectivity index (χ1v) is 8.59. The maximum absolute atomic E-state index is 12.3. The number of rotatable bonds is 5. The maximum atomic E-state index is 12.3. The van der Waals surface area contributed by atoms with Crippen LogP contribution in [-0.2, 0) is 0 Å². The Balaban J connectivity index is 2.18. The molecule has 2 rings (SSSR count). The van der Waals surface area contributed by atoms with E-state index in [0.717, 1.165) is 11.3 Å². The second kappa shape index (κ2) is 7.81. The molecule has 0 spiro atoms. The first-order valence-electron chi connectivity index (χ1n) is 7.02. The van der Waals surface area contributed by atoms with E-state index < -0.39 is 5.91 Å². The van der Waals surface area contributed by atoms with E-state index in [4.69, 9.17) is 23.2 Å². The highest BCUT2D eigenvalue weighted by atomic mass is 35.5. The van der Waals surface area contributed by atoms with Crippen molar-refractivity contribution in [3.63, 3.8) is 0 Å². The van der Waals surface area contributed by atoms with Crippen LogP contribution in [0.5, 0.6) is 0 Å². The summed E-state index contributed by atoms with van der Waals surface area (Å²) in [5, 5.41) is 5.55. The fourth-order valence-electron chi connectivity index (χ4n) is 1.87. The second-order valence-corrected chi connectivity index (χ2v) is 7.63. The maximum Gasteiger partial charge on any atom is 0.258 e. The van der Waals surface area contributed by atoms with Crippen molar-refractivity contribution in [2.45, 2.75) is 13.8 Å². The van der Waals surface area contributed by atoms with Gasteiger partial charge in [0.15, 0.2) is 0 Å². The van der Waals surface area contributed by atoms with Crippen LogP contribution >= 0.6 is 34.5 Å².